The maximum Gasteiger partial charge on any atom is 0.143 e. The maximum atomic E-state index is 13.9. The molecule has 0 saturated carbocycles. The van der Waals surface area contributed by atoms with Crippen molar-refractivity contribution in [3.8, 4) is 0 Å². The topological polar surface area (TPSA) is 12.0 Å². The van der Waals surface area contributed by atoms with Gasteiger partial charge in [0.2, 0.25) is 0 Å². The lowest BCUT2D eigenvalue weighted by atomic mass is 9.96. The standard InChI is InChI=1S/C14H20BrF2N/c1-4-18-10(7-9(2)3)8-11-13(16)6-5-12(15)14(11)17/h5-6,9-10,18H,4,7-8H2,1-3H3. The van der Waals surface area contributed by atoms with Crippen LogP contribution in [0.15, 0.2) is 16.6 Å². The molecule has 1 aromatic carbocycles. The van der Waals surface area contributed by atoms with Crippen molar-refractivity contribution in [1.82, 2.24) is 5.32 Å². The van der Waals surface area contributed by atoms with E-state index in [0.717, 1.165) is 13.0 Å². The third-order valence-corrected chi connectivity index (χ3v) is 3.45. The first-order valence-electron chi connectivity index (χ1n) is 6.31. The zero-order valence-electron chi connectivity index (χ0n) is 11.1. The van der Waals surface area contributed by atoms with Gasteiger partial charge in [-0.15, -0.1) is 0 Å². The van der Waals surface area contributed by atoms with Crippen molar-refractivity contribution in [2.75, 3.05) is 6.54 Å². The van der Waals surface area contributed by atoms with Gasteiger partial charge in [-0.3, -0.25) is 0 Å². The molecule has 1 nitrogen and oxygen atoms in total. The summed E-state index contributed by atoms with van der Waals surface area (Å²) in [6.07, 6.45) is 1.28. The number of nitrogens with one attached hydrogen (secondary N) is 1. The molecular formula is C14H20BrF2N. The molecule has 1 rings (SSSR count). The summed E-state index contributed by atoms with van der Waals surface area (Å²) in [5, 5.41) is 3.29. The second-order valence-electron chi connectivity index (χ2n) is 4.91. The van der Waals surface area contributed by atoms with E-state index in [2.05, 4.69) is 35.1 Å². The van der Waals surface area contributed by atoms with Gasteiger partial charge in [0.1, 0.15) is 11.6 Å². The molecule has 4 heteroatoms. The highest BCUT2D eigenvalue weighted by molar-refractivity contribution is 9.10. The van der Waals surface area contributed by atoms with Crippen LogP contribution in [0.3, 0.4) is 0 Å². The zero-order valence-corrected chi connectivity index (χ0v) is 12.7. The highest BCUT2D eigenvalue weighted by atomic mass is 79.9. The Morgan fingerprint density at radius 3 is 2.50 bits per heavy atom. The summed E-state index contributed by atoms with van der Waals surface area (Å²) >= 11 is 3.10. The van der Waals surface area contributed by atoms with E-state index >= 15 is 0 Å². The van der Waals surface area contributed by atoms with Crippen LogP contribution in [0.4, 0.5) is 8.78 Å². The van der Waals surface area contributed by atoms with Crippen LogP contribution in [-0.4, -0.2) is 12.6 Å². The highest BCUT2D eigenvalue weighted by Gasteiger charge is 2.18. The van der Waals surface area contributed by atoms with Crippen LogP contribution in [0.5, 0.6) is 0 Å². The minimum absolute atomic E-state index is 0.105. The van der Waals surface area contributed by atoms with Crippen LogP contribution in [0.1, 0.15) is 32.8 Å². The fraction of sp³-hybridized carbons (Fsp3) is 0.571. The average Bonchev–Trinajstić information content (AvgIpc) is 2.29. The Kier molecular flexibility index (Phi) is 6.22. The van der Waals surface area contributed by atoms with Crippen molar-refractivity contribution in [1.29, 1.82) is 0 Å². The van der Waals surface area contributed by atoms with E-state index in [1.54, 1.807) is 0 Å². The van der Waals surface area contributed by atoms with Crippen molar-refractivity contribution >= 4 is 15.9 Å². The van der Waals surface area contributed by atoms with Gasteiger partial charge in [-0.1, -0.05) is 20.8 Å². The summed E-state index contributed by atoms with van der Waals surface area (Å²) < 4.78 is 27.9. The number of rotatable bonds is 6. The minimum Gasteiger partial charge on any atom is -0.314 e. The molecule has 0 amide bonds. The fourth-order valence-corrected chi connectivity index (χ4v) is 2.47. The molecule has 0 spiro atoms. The third-order valence-electron chi connectivity index (χ3n) is 2.84. The summed E-state index contributed by atoms with van der Waals surface area (Å²) in [5.74, 6) is -0.462. The van der Waals surface area contributed by atoms with E-state index in [1.165, 1.54) is 12.1 Å². The third kappa shape index (κ3) is 4.32. The van der Waals surface area contributed by atoms with Crippen LogP contribution in [0.25, 0.3) is 0 Å². The van der Waals surface area contributed by atoms with Gasteiger partial charge in [-0.25, -0.2) is 8.78 Å². The number of likely N-dealkylation sites (N-methyl/N-ethyl adjacent to an activating group) is 1. The molecule has 0 saturated heterocycles. The van der Waals surface area contributed by atoms with Crippen molar-refractivity contribution in [3.05, 3.63) is 33.8 Å². The van der Waals surface area contributed by atoms with Crippen molar-refractivity contribution in [2.24, 2.45) is 5.92 Å². The molecule has 0 heterocycles. The van der Waals surface area contributed by atoms with Crippen LogP contribution in [-0.2, 0) is 6.42 Å². The van der Waals surface area contributed by atoms with Crippen LogP contribution in [0, 0.1) is 17.6 Å². The Morgan fingerprint density at radius 2 is 1.94 bits per heavy atom. The molecule has 1 aromatic rings. The van der Waals surface area contributed by atoms with E-state index in [-0.39, 0.29) is 11.6 Å². The molecule has 0 bridgehead atoms. The molecule has 102 valence electrons. The van der Waals surface area contributed by atoms with Gasteiger partial charge in [0.25, 0.3) is 0 Å². The average molecular weight is 320 g/mol. The summed E-state index contributed by atoms with van der Waals surface area (Å²) in [6, 6.07) is 2.81. The maximum absolute atomic E-state index is 13.9. The minimum atomic E-state index is -0.485. The van der Waals surface area contributed by atoms with Gasteiger partial charge < -0.3 is 5.32 Å². The second kappa shape index (κ2) is 7.19. The molecule has 0 fully saturated rings. The monoisotopic (exact) mass is 319 g/mol. The number of benzene rings is 1. The number of hydrogen-bond acceptors (Lipinski definition) is 1. The van der Waals surface area contributed by atoms with Crippen molar-refractivity contribution in [2.45, 2.75) is 39.7 Å². The summed E-state index contributed by atoms with van der Waals surface area (Å²) in [5.41, 5.74) is 0.163. The normalized spacial score (nSPS) is 13.1. The molecule has 18 heavy (non-hydrogen) atoms. The largest absolute Gasteiger partial charge is 0.314 e. The molecule has 1 atom stereocenters. The van der Waals surface area contributed by atoms with Crippen LogP contribution < -0.4 is 5.32 Å². The molecule has 0 aliphatic heterocycles. The Labute approximate surface area is 116 Å². The highest BCUT2D eigenvalue weighted by Crippen LogP contribution is 2.23. The molecule has 1 unspecified atom stereocenters. The quantitative estimate of drug-likeness (QED) is 0.771. The van der Waals surface area contributed by atoms with Gasteiger partial charge in [0, 0.05) is 11.6 Å². The first-order chi connectivity index (χ1) is 8.45. The van der Waals surface area contributed by atoms with E-state index in [0.29, 0.717) is 16.8 Å². The van der Waals surface area contributed by atoms with E-state index < -0.39 is 11.6 Å². The predicted molar refractivity (Wildman–Crippen MR) is 74.7 cm³/mol. The molecule has 0 radical (unpaired) electrons. The molecule has 0 aromatic heterocycles. The van der Waals surface area contributed by atoms with Gasteiger partial charge in [-0.05, 0) is 53.4 Å². The first kappa shape index (κ1) is 15.6. The SMILES string of the molecule is CCNC(Cc1c(F)ccc(Br)c1F)CC(C)C. The predicted octanol–water partition coefficient (Wildman–Crippen LogP) is 4.29. The van der Waals surface area contributed by atoms with E-state index in [9.17, 15) is 8.78 Å². The second-order valence-corrected chi connectivity index (χ2v) is 5.76. The van der Waals surface area contributed by atoms with Gasteiger partial charge in [0.05, 0.1) is 4.47 Å². The molecule has 1 N–H and O–H groups in total. The Balaban J connectivity index is 2.89. The van der Waals surface area contributed by atoms with E-state index in [1.807, 2.05) is 6.92 Å². The Hall–Kier alpha value is -0.480. The summed E-state index contributed by atoms with van der Waals surface area (Å²) in [7, 11) is 0. The van der Waals surface area contributed by atoms with Crippen LogP contribution >= 0.6 is 15.9 Å². The summed E-state index contributed by atoms with van der Waals surface area (Å²) in [4.78, 5) is 0. The van der Waals surface area contributed by atoms with Crippen molar-refractivity contribution in [3.63, 3.8) is 0 Å². The smallest absolute Gasteiger partial charge is 0.143 e. The fourth-order valence-electron chi connectivity index (χ4n) is 2.10. The molecule has 0 aliphatic rings. The first-order valence-corrected chi connectivity index (χ1v) is 7.10. The lowest BCUT2D eigenvalue weighted by Crippen LogP contribution is -2.33. The number of halogens is 3. The van der Waals surface area contributed by atoms with E-state index in [4.69, 9.17) is 0 Å². The lowest BCUT2D eigenvalue weighted by Gasteiger charge is -2.20. The van der Waals surface area contributed by atoms with Gasteiger partial charge in [0.15, 0.2) is 0 Å². The Morgan fingerprint density at radius 1 is 1.28 bits per heavy atom. The van der Waals surface area contributed by atoms with Crippen LogP contribution in [0.2, 0.25) is 0 Å². The number of hydrogen-bond donors (Lipinski definition) is 1. The summed E-state index contributed by atoms with van der Waals surface area (Å²) in [6.45, 7) is 7.02. The molecule has 0 aliphatic carbocycles. The Bertz CT molecular complexity index is 394. The molecular weight excluding hydrogens is 300 g/mol. The zero-order chi connectivity index (χ0) is 13.7. The lowest BCUT2D eigenvalue weighted by molar-refractivity contribution is 0.411. The van der Waals surface area contributed by atoms with Gasteiger partial charge in [-0.2, -0.15) is 0 Å². The van der Waals surface area contributed by atoms with Gasteiger partial charge >= 0.3 is 0 Å². The van der Waals surface area contributed by atoms with Crippen molar-refractivity contribution < 1.29 is 8.78 Å².